The van der Waals surface area contributed by atoms with Crippen LogP contribution in [0.25, 0.3) is 0 Å². The van der Waals surface area contributed by atoms with Gasteiger partial charge < -0.3 is 15.5 Å². The van der Waals surface area contributed by atoms with Crippen molar-refractivity contribution in [3.05, 3.63) is 0 Å². The number of hydrogen-bond acceptors (Lipinski definition) is 2. The van der Waals surface area contributed by atoms with Crippen molar-refractivity contribution >= 4 is 7.60 Å². The first-order chi connectivity index (χ1) is 3.81. The van der Waals surface area contributed by atoms with Crippen LogP contribution in [-0.4, -0.2) is 15.1 Å². The Kier molecular flexibility index (Phi) is 2.41. The average molecular weight is 153 g/mol. The van der Waals surface area contributed by atoms with Gasteiger partial charge in [-0.05, 0) is 13.3 Å². The summed E-state index contributed by atoms with van der Waals surface area (Å²) in [6.45, 7) is 2.98. The van der Waals surface area contributed by atoms with E-state index in [9.17, 15) is 4.57 Å². The van der Waals surface area contributed by atoms with Crippen molar-refractivity contribution in [2.75, 3.05) is 0 Å². The fraction of sp³-hybridized carbons (Fsp3) is 1.00. The fourth-order valence-corrected chi connectivity index (χ4v) is 0.618. The van der Waals surface area contributed by atoms with Crippen molar-refractivity contribution in [2.45, 2.75) is 25.5 Å². The first-order valence-electron chi connectivity index (χ1n) is 2.66. The molecule has 0 aliphatic rings. The zero-order valence-electron chi connectivity index (χ0n) is 5.53. The molecule has 0 saturated heterocycles. The van der Waals surface area contributed by atoms with E-state index >= 15 is 0 Å². The van der Waals surface area contributed by atoms with Crippen molar-refractivity contribution in [3.8, 4) is 0 Å². The minimum absolute atomic E-state index is 0.275. The molecule has 4 nitrogen and oxygen atoms in total. The second kappa shape index (κ2) is 2.39. The summed E-state index contributed by atoms with van der Waals surface area (Å²) in [5, 5.41) is -1.35. The summed E-state index contributed by atoms with van der Waals surface area (Å²) in [5.74, 6) is 0. The lowest BCUT2D eigenvalue weighted by molar-refractivity contribution is 0.328. The Morgan fingerprint density at radius 3 is 2.00 bits per heavy atom. The maximum absolute atomic E-state index is 10.5. The highest BCUT2D eigenvalue weighted by molar-refractivity contribution is 7.53. The summed E-state index contributed by atoms with van der Waals surface area (Å²) in [6.07, 6.45) is 0.275. The highest BCUT2D eigenvalue weighted by atomic mass is 31.2. The first kappa shape index (κ1) is 9.11. The summed E-state index contributed by atoms with van der Waals surface area (Å²) < 4.78 is 10.5. The molecule has 0 saturated carbocycles. The Hall–Kier alpha value is 0.110. The molecule has 0 aromatic heterocycles. The van der Waals surface area contributed by atoms with Gasteiger partial charge in [0, 0.05) is 0 Å². The fourth-order valence-electron chi connectivity index (χ4n) is 0.206. The maximum Gasteiger partial charge on any atom is 0.344 e. The molecular formula is C4H12NO3P. The van der Waals surface area contributed by atoms with Gasteiger partial charge in [0.15, 0.2) is 0 Å². The van der Waals surface area contributed by atoms with E-state index in [2.05, 4.69) is 0 Å². The summed E-state index contributed by atoms with van der Waals surface area (Å²) in [4.78, 5) is 17.1. The van der Waals surface area contributed by atoms with Crippen LogP contribution in [0.2, 0.25) is 0 Å². The molecule has 0 aliphatic heterocycles. The molecule has 4 N–H and O–H groups in total. The molecular weight excluding hydrogens is 141 g/mol. The van der Waals surface area contributed by atoms with E-state index in [-0.39, 0.29) is 6.42 Å². The second-order valence-electron chi connectivity index (χ2n) is 2.25. The predicted molar refractivity (Wildman–Crippen MR) is 34.9 cm³/mol. The highest BCUT2D eigenvalue weighted by Gasteiger charge is 2.36. The molecule has 0 bridgehead atoms. The molecule has 0 heterocycles. The van der Waals surface area contributed by atoms with Gasteiger partial charge in [0.1, 0.15) is 5.28 Å². The molecule has 0 radical (unpaired) electrons. The van der Waals surface area contributed by atoms with E-state index in [0.29, 0.717) is 0 Å². The maximum atomic E-state index is 10.5. The third-order valence-corrected chi connectivity index (χ3v) is 3.03. The summed E-state index contributed by atoms with van der Waals surface area (Å²) >= 11 is 0. The van der Waals surface area contributed by atoms with Crippen molar-refractivity contribution in [2.24, 2.45) is 5.73 Å². The smallest absolute Gasteiger partial charge is 0.323 e. The van der Waals surface area contributed by atoms with E-state index in [1.54, 1.807) is 6.92 Å². The van der Waals surface area contributed by atoms with Gasteiger partial charge in [0.25, 0.3) is 0 Å². The van der Waals surface area contributed by atoms with Gasteiger partial charge in [-0.1, -0.05) is 6.92 Å². The van der Waals surface area contributed by atoms with Crippen LogP contribution in [-0.2, 0) is 4.57 Å². The Balaban J connectivity index is 4.34. The molecule has 0 aromatic carbocycles. The Morgan fingerprint density at radius 1 is 1.67 bits per heavy atom. The van der Waals surface area contributed by atoms with Gasteiger partial charge in [0.05, 0.1) is 0 Å². The molecule has 1 atom stereocenters. The number of hydrogen-bond donors (Lipinski definition) is 3. The minimum atomic E-state index is -4.09. The van der Waals surface area contributed by atoms with E-state index in [1.807, 2.05) is 0 Å². The number of rotatable bonds is 2. The van der Waals surface area contributed by atoms with Crippen LogP contribution in [0.1, 0.15) is 20.3 Å². The SMILES string of the molecule is CC[C@@](C)(N)P(=O)(O)O. The molecule has 0 fully saturated rings. The molecule has 0 aromatic rings. The number of nitrogens with two attached hydrogens (primary N) is 1. The van der Waals surface area contributed by atoms with Crippen LogP contribution in [0.3, 0.4) is 0 Å². The topological polar surface area (TPSA) is 83.6 Å². The summed E-state index contributed by atoms with van der Waals surface area (Å²) in [6, 6.07) is 0. The zero-order chi connectivity index (χ0) is 7.71. The van der Waals surface area contributed by atoms with Crippen molar-refractivity contribution < 1.29 is 14.4 Å². The lowest BCUT2D eigenvalue weighted by Gasteiger charge is -2.23. The standard InChI is InChI=1S/C4H12NO3P/c1-3-4(2,5)9(6,7)8/h3,5H2,1-2H3,(H2,6,7,8)/t4-/m0/s1. The van der Waals surface area contributed by atoms with E-state index in [4.69, 9.17) is 15.5 Å². The average Bonchev–Trinajstić information content (AvgIpc) is 1.64. The van der Waals surface area contributed by atoms with Gasteiger partial charge in [-0.2, -0.15) is 0 Å². The lowest BCUT2D eigenvalue weighted by Crippen LogP contribution is -2.34. The molecule has 56 valence electrons. The largest absolute Gasteiger partial charge is 0.344 e. The predicted octanol–water partition coefficient (Wildman–Crippen LogP) is 0.249. The lowest BCUT2D eigenvalue weighted by atomic mass is 10.3. The second-order valence-corrected chi connectivity index (χ2v) is 4.36. The molecule has 9 heavy (non-hydrogen) atoms. The van der Waals surface area contributed by atoms with Crippen LogP contribution in [0, 0.1) is 0 Å². The van der Waals surface area contributed by atoms with Crippen molar-refractivity contribution in [1.29, 1.82) is 0 Å². The Morgan fingerprint density at radius 2 is 2.00 bits per heavy atom. The molecule has 0 unspecified atom stereocenters. The summed E-state index contributed by atoms with van der Waals surface area (Å²) in [7, 11) is -4.09. The third kappa shape index (κ3) is 2.06. The molecule has 0 amide bonds. The molecule has 5 heteroatoms. The van der Waals surface area contributed by atoms with Gasteiger partial charge in [-0.15, -0.1) is 0 Å². The highest BCUT2D eigenvalue weighted by Crippen LogP contribution is 2.48. The summed E-state index contributed by atoms with van der Waals surface area (Å²) in [5.41, 5.74) is 5.23. The van der Waals surface area contributed by atoms with E-state index in [1.165, 1.54) is 6.92 Å². The molecule has 0 rings (SSSR count). The third-order valence-electron chi connectivity index (χ3n) is 1.38. The molecule has 0 spiro atoms. The van der Waals surface area contributed by atoms with Gasteiger partial charge >= 0.3 is 7.60 Å². The van der Waals surface area contributed by atoms with E-state index in [0.717, 1.165) is 0 Å². The monoisotopic (exact) mass is 153 g/mol. The normalized spacial score (nSPS) is 19.2. The Bertz CT molecular complexity index is 139. The minimum Gasteiger partial charge on any atom is -0.323 e. The van der Waals surface area contributed by atoms with Crippen LogP contribution < -0.4 is 5.73 Å². The van der Waals surface area contributed by atoms with Crippen LogP contribution in [0.15, 0.2) is 0 Å². The Labute approximate surface area is 54.2 Å². The first-order valence-corrected chi connectivity index (χ1v) is 4.27. The van der Waals surface area contributed by atoms with Crippen molar-refractivity contribution in [3.63, 3.8) is 0 Å². The van der Waals surface area contributed by atoms with Crippen LogP contribution in [0.4, 0.5) is 0 Å². The zero-order valence-corrected chi connectivity index (χ0v) is 6.43. The van der Waals surface area contributed by atoms with Gasteiger partial charge in [-0.3, -0.25) is 4.57 Å². The van der Waals surface area contributed by atoms with E-state index < -0.39 is 12.9 Å². The quantitative estimate of drug-likeness (QED) is 0.496. The van der Waals surface area contributed by atoms with Gasteiger partial charge in [0.2, 0.25) is 0 Å². The van der Waals surface area contributed by atoms with Gasteiger partial charge in [-0.25, -0.2) is 0 Å². The van der Waals surface area contributed by atoms with Crippen molar-refractivity contribution in [1.82, 2.24) is 0 Å². The van der Waals surface area contributed by atoms with Crippen LogP contribution in [0.5, 0.6) is 0 Å². The molecule has 0 aliphatic carbocycles. The van der Waals surface area contributed by atoms with Crippen LogP contribution >= 0.6 is 7.60 Å².